The smallest absolute Gasteiger partial charge is 0.250 e. The molecule has 0 aliphatic heterocycles. The molecule has 0 unspecified atom stereocenters. The van der Waals surface area contributed by atoms with Crippen molar-refractivity contribution in [3.63, 3.8) is 0 Å². The van der Waals surface area contributed by atoms with Gasteiger partial charge in [-0.15, -0.1) is 0 Å². The average Bonchev–Trinajstić information content (AvgIpc) is 3.12. The first-order valence-corrected chi connectivity index (χ1v) is 9.42. The van der Waals surface area contributed by atoms with Crippen molar-refractivity contribution < 1.29 is 4.79 Å². The number of anilines is 1. The molecule has 0 saturated heterocycles. The predicted octanol–water partition coefficient (Wildman–Crippen LogP) is 5.60. The fraction of sp³-hybridized carbons (Fsp3) is 0.100. The number of nitrogens with zero attached hydrogens (tertiary/aromatic N) is 2. The zero-order chi connectivity index (χ0) is 17.8. The number of aromatic nitrogens is 1. The zero-order valence-electron chi connectivity index (χ0n) is 13.8. The van der Waals surface area contributed by atoms with Gasteiger partial charge in [-0.3, -0.25) is 4.79 Å². The molecule has 0 aliphatic carbocycles. The fourth-order valence-corrected chi connectivity index (χ4v) is 3.67. The highest BCUT2D eigenvalue weighted by molar-refractivity contribution is 9.10. The predicted molar refractivity (Wildman–Crippen MR) is 108 cm³/mol. The fourth-order valence-electron chi connectivity index (χ4n) is 2.61. The third-order valence-electron chi connectivity index (χ3n) is 3.86. The van der Waals surface area contributed by atoms with Crippen LogP contribution in [0.2, 0.25) is 0 Å². The zero-order valence-corrected chi connectivity index (χ0v) is 16.2. The summed E-state index contributed by atoms with van der Waals surface area (Å²) in [6.07, 6.45) is 1.34. The van der Waals surface area contributed by atoms with Crippen molar-refractivity contribution in [2.24, 2.45) is 0 Å². The van der Waals surface area contributed by atoms with Crippen molar-refractivity contribution in [3.05, 3.63) is 82.2 Å². The van der Waals surface area contributed by atoms with Gasteiger partial charge in [-0.1, -0.05) is 70.5 Å². The summed E-state index contributed by atoms with van der Waals surface area (Å²) in [6.45, 7) is 6.14. The van der Waals surface area contributed by atoms with Crippen molar-refractivity contribution in [2.45, 2.75) is 13.5 Å². The third kappa shape index (κ3) is 3.89. The maximum Gasteiger partial charge on any atom is 0.250 e. The number of carbonyl (C=O) groups excluding carboxylic acids is 1. The summed E-state index contributed by atoms with van der Waals surface area (Å²) in [4.78, 5) is 14.3. The second-order valence-corrected chi connectivity index (χ2v) is 7.12. The van der Waals surface area contributed by atoms with Crippen LogP contribution in [-0.2, 0) is 11.3 Å². The molecule has 3 aromatic rings. The number of amides is 1. The van der Waals surface area contributed by atoms with E-state index in [1.165, 1.54) is 17.6 Å². The van der Waals surface area contributed by atoms with Crippen LogP contribution in [0, 0.1) is 6.92 Å². The van der Waals surface area contributed by atoms with Gasteiger partial charge in [-0.2, -0.15) is 4.37 Å². The van der Waals surface area contributed by atoms with E-state index in [4.69, 9.17) is 0 Å². The Hall–Kier alpha value is -2.24. The number of hydrogen-bond acceptors (Lipinski definition) is 3. The Balaban J connectivity index is 2.04. The second-order valence-electron chi connectivity index (χ2n) is 5.64. The monoisotopic (exact) mass is 412 g/mol. The van der Waals surface area contributed by atoms with Crippen LogP contribution in [0.5, 0.6) is 0 Å². The summed E-state index contributed by atoms with van der Waals surface area (Å²) in [5.74, 6) is -0.147. The molecule has 25 heavy (non-hydrogen) atoms. The summed E-state index contributed by atoms with van der Waals surface area (Å²) in [5.41, 5.74) is 4.79. The molecular weight excluding hydrogens is 396 g/mol. The van der Waals surface area contributed by atoms with Crippen molar-refractivity contribution in [2.75, 3.05) is 4.90 Å². The number of benzene rings is 2. The van der Waals surface area contributed by atoms with Crippen molar-refractivity contribution >= 4 is 39.1 Å². The van der Waals surface area contributed by atoms with E-state index in [0.717, 1.165) is 32.5 Å². The Kier molecular flexibility index (Phi) is 5.46. The number of aryl methyl sites for hydroxylation is 1. The van der Waals surface area contributed by atoms with Gasteiger partial charge in [0.25, 0.3) is 5.91 Å². The maximum atomic E-state index is 12.6. The van der Waals surface area contributed by atoms with Crippen LogP contribution >= 0.6 is 27.5 Å². The molecule has 2 aromatic carbocycles. The minimum absolute atomic E-state index is 0.147. The third-order valence-corrected chi connectivity index (χ3v) is 5.25. The molecule has 0 bridgehead atoms. The van der Waals surface area contributed by atoms with Crippen LogP contribution in [0.3, 0.4) is 0 Å². The van der Waals surface area contributed by atoms with Gasteiger partial charge < -0.3 is 4.90 Å². The van der Waals surface area contributed by atoms with E-state index in [0.29, 0.717) is 6.54 Å². The van der Waals surface area contributed by atoms with E-state index < -0.39 is 0 Å². The molecule has 0 atom stereocenters. The number of carbonyl (C=O) groups is 1. The van der Waals surface area contributed by atoms with Gasteiger partial charge in [0.15, 0.2) is 0 Å². The lowest BCUT2D eigenvalue weighted by Crippen LogP contribution is -2.28. The molecule has 0 fully saturated rings. The van der Waals surface area contributed by atoms with Gasteiger partial charge in [-0.25, -0.2) is 0 Å². The van der Waals surface area contributed by atoms with Crippen LogP contribution in [0.15, 0.2) is 71.0 Å². The van der Waals surface area contributed by atoms with E-state index in [2.05, 4.69) is 32.9 Å². The summed E-state index contributed by atoms with van der Waals surface area (Å²) < 4.78 is 5.48. The van der Waals surface area contributed by atoms with Crippen molar-refractivity contribution in [1.82, 2.24) is 4.37 Å². The van der Waals surface area contributed by atoms with Gasteiger partial charge >= 0.3 is 0 Å². The lowest BCUT2D eigenvalue weighted by atomic mass is 10.1. The highest BCUT2D eigenvalue weighted by Crippen LogP contribution is 2.33. The Morgan fingerprint density at radius 2 is 2.04 bits per heavy atom. The minimum atomic E-state index is -0.147. The normalized spacial score (nSPS) is 10.5. The maximum absolute atomic E-state index is 12.6. The van der Waals surface area contributed by atoms with Gasteiger partial charge in [-0.05, 0) is 36.2 Å². The van der Waals surface area contributed by atoms with Gasteiger partial charge in [0.1, 0.15) is 5.69 Å². The van der Waals surface area contributed by atoms with E-state index >= 15 is 0 Å². The molecule has 1 aromatic heterocycles. The first-order chi connectivity index (χ1) is 12.1. The molecule has 126 valence electrons. The first kappa shape index (κ1) is 17.6. The van der Waals surface area contributed by atoms with Crippen LogP contribution in [0.1, 0.15) is 11.1 Å². The van der Waals surface area contributed by atoms with E-state index in [9.17, 15) is 4.79 Å². The summed E-state index contributed by atoms with van der Waals surface area (Å²) >= 11 is 4.93. The molecule has 3 rings (SSSR count). The number of hydrogen-bond donors (Lipinski definition) is 0. The summed E-state index contributed by atoms with van der Waals surface area (Å²) in [6, 6.07) is 16.0. The topological polar surface area (TPSA) is 33.2 Å². The van der Waals surface area contributed by atoms with Gasteiger partial charge in [0, 0.05) is 15.4 Å². The molecule has 1 amide bonds. The molecule has 5 heteroatoms. The van der Waals surface area contributed by atoms with E-state index in [-0.39, 0.29) is 5.91 Å². The molecule has 0 radical (unpaired) electrons. The molecule has 0 saturated carbocycles. The largest absolute Gasteiger partial charge is 0.301 e. The first-order valence-electron chi connectivity index (χ1n) is 7.79. The Morgan fingerprint density at radius 3 is 2.76 bits per heavy atom. The van der Waals surface area contributed by atoms with Crippen LogP contribution in [-0.4, -0.2) is 10.3 Å². The lowest BCUT2D eigenvalue weighted by molar-refractivity contribution is -0.114. The van der Waals surface area contributed by atoms with Crippen LogP contribution in [0.25, 0.3) is 11.3 Å². The van der Waals surface area contributed by atoms with Crippen molar-refractivity contribution in [3.8, 4) is 11.3 Å². The molecule has 0 spiro atoms. The van der Waals surface area contributed by atoms with E-state index in [1.54, 1.807) is 4.90 Å². The van der Waals surface area contributed by atoms with Gasteiger partial charge in [0.2, 0.25) is 0 Å². The quantitative estimate of drug-likeness (QED) is 0.510. The molecule has 0 aliphatic rings. The average molecular weight is 413 g/mol. The Labute approximate surface area is 159 Å². The number of rotatable bonds is 5. The molecule has 1 heterocycles. The van der Waals surface area contributed by atoms with Crippen molar-refractivity contribution in [1.29, 1.82) is 0 Å². The molecule has 0 N–H and O–H groups in total. The standard InChI is InChI=1S/C20H17BrN2OS/c1-3-19(24)23(12-16-11-14(2)9-10-17(16)21)18-13-25-22-20(18)15-7-5-4-6-8-15/h3-11,13H,1,12H2,2H3. The summed E-state index contributed by atoms with van der Waals surface area (Å²) in [7, 11) is 0. The van der Waals surface area contributed by atoms with Gasteiger partial charge in [0.05, 0.1) is 12.2 Å². The Morgan fingerprint density at radius 1 is 1.28 bits per heavy atom. The Bertz CT molecular complexity index is 905. The lowest BCUT2D eigenvalue weighted by Gasteiger charge is -2.22. The SMILES string of the molecule is C=CC(=O)N(Cc1cc(C)ccc1Br)c1csnc1-c1ccccc1. The van der Waals surface area contributed by atoms with Crippen LogP contribution < -0.4 is 4.90 Å². The molecule has 3 nitrogen and oxygen atoms in total. The summed E-state index contributed by atoms with van der Waals surface area (Å²) in [5, 5.41) is 1.91. The highest BCUT2D eigenvalue weighted by atomic mass is 79.9. The molecular formula is C20H17BrN2OS. The highest BCUT2D eigenvalue weighted by Gasteiger charge is 2.21. The van der Waals surface area contributed by atoms with Crippen LogP contribution in [0.4, 0.5) is 5.69 Å². The minimum Gasteiger partial charge on any atom is -0.301 e. The number of halogens is 1. The second kappa shape index (κ2) is 7.76. The van der Waals surface area contributed by atoms with E-state index in [1.807, 2.05) is 54.8 Å².